The van der Waals surface area contributed by atoms with Crippen LogP contribution in [0.1, 0.15) is 103 Å². The highest BCUT2D eigenvalue weighted by atomic mass is 15.2. The van der Waals surface area contributed by atoms with Gasteiger partial charge in [0.05, 0.1) is 6.54 Å². The lowest BCUT2D eigenvalue weighted by Crippen LogP contribution is -2.34. The summed E-state index contributed by atoms with van der Waals surface area (Å²) in [6.45, 7) is 3.15. The van der Waals surface area contributed by atoms with Crippen molar-refractivity contribution in [2.75, 3.05) is 6.54 Å². The second-order valence-corrected chi connectivity index (χ2v) is 7.29. The molecular formula is C21H41N3. The van der Waals surface area contributed by atoms with Gasteiger partial charge in [-0.05, 0) is 32.1 Å². The number of guanidine groups is 1. The molecule has 0 aromatic carbocycles. The molecule has 1 aliphatic rings. The fourth-order valence-electron chi connectivity index (χ4n) is 3.31. The van der Waals surface area contributed by atoms with Crippen molar-refractivity contribution in [3.8, 4) is 0 Å². The molecule has 3 N–H and O–H groups in total. The van der Waals surface area contributed by atoms with Gasteiger partial charge in [-0.25, -0.2) is 0 Å². The first-order chi connectivity index (χ1) is 11.8. The third-order valence-corrected chi connectivity index (χ3v) is 4.90. The highest BCUT2D eigenvalue weighted by Crippen LogP contribution is 2.12. The van der Waals surface area contributed by atoms with Crippen LogP contribution in [-0.4, -0.2) is 18.5 Å². The van der Waals surface area contributed by atoms with Gasteiger partial charge in [0.15, 0.2) is 5.96 Å². The Kier molecular flexibility index (Phi) is 13.6. The highest BCUT2D eigenvalue weighted by molar-refractivity contribution is 5.79. The van der Waals surface area contributed by atoms with Gasteiger partial charge in [0.25, 0.3) is 0 Å². The molecular weight excluding hydrogens is 294 g/mol. The van der Waals surface area contributed by atoms with E-state index in [2.05, 4.69) is 29.4 Å². The highest BCUT2D eigenvalue weighted by Gasteiger charge is 2.13. The maximum absolute atomic E-state index is 5.62. The number of rotatable bonds is 16. The molecule has 0 bridgehead atoms. The van der Waals surface area contributed by atoms with Crippen LogP contribution in [0.5, 0.6) is 0 Å². The van der Waals surface area contributed by atoms with E-state index in [-0.39, 0.29) is 0 Å². The first-order valence-corrected chi connectivity index (χ1v) is 10.5. The average Bonchev–Trinajstić information content (AvgIpc) is 3.00. The summed E-state index contributed by atoms with van der Waals surface area (Å²) in [7, 11) is 0. The van der Waals surface area contributed by atoms with E-state index in [1.54, 1.807) is 0 Å². The number of allylic oxidation sites excluding steroid dienone is 2. The first kappa shape index (κ1) is 21.1. The Morgan fingerprint density at radius 3 is 1.96 bits per heavy atom. The summed E-state index contributed by atoms with van der Waals surface area (Å²) in [5.41, 5.74) is 5.62. The van der Waals surface area contributed by atoms with Crippen molar-refractivity contribution < 1.29 is 0 Å². The van der Waals surface area contributed by atoms with Gasteiger partial charge in [-0.15, -0.1) is 0 Å². The van der Waals surface area contributed by atoms with E-state index in [1.807, 2.05) is 0 Å². The number of hydrogen-bond acceptors (Lipinski definition) is 3. The largest absolute Gasteiger partial charge is 0.370 e. The van der Waals surface area contributed by atoms with Crippen molar-refractivity contribution in [1.82, 2.24) is 5.32 Å². The molecule has 1 unspecified atom stereocenters. The Hall–Kier alpha value is -0.990. The zero-order chi connectivity index (χ0) is 17.3. The number of nitrogens with zero attached hydrogens (tertiary/aromatic N) is 1. The summed E-state index contributed by atoms with van der Waals surface area (Å²) in [5, 5.41) is 3.23. The second-order valence-electron chi connectivity index (χ2n) is 7.29. The molecule has 0 radical (unpaired) electrons. The average molecular weight is 336 g/mol. The summed E-state index contributed by atoms with van der Waals surface area (Å²) in [6.07, 6.45) is 25.2. The van der Waals surface area contributed by atoms with Crippen LogP contribution in [-0.2, 0) is 0 Å². The zero-order valence-electron chi connectivity index (χ0n) is 16.1. The van der Waals surface area contributed by atoms with E-state index >= 15 is 0 Å². The van der Waals surface area contributed by atoms with Crippen LogP contribution in [0.4, 0.5) is 0 Å². The van der Waals surface area contributed by atoms with Gasteiger partial charge in [0, 0.05) is 6.04 Å². The van der Waals surface area contributed by atoms with E-state index in [0.717, 1.165) is 6.54 Å². The van der Waals surface area contributed by atoms with Crippen LogP contribution in [0, 0.1) is 0 Å². The molecule has 0 spiro atoms. The number of nitrogens with two attached hydrogens (primary N) is 1. The van der Waals surface area contributed by atoms with E-state index < -0.39 is 0 Å². The summed E-state index contributed by atoms with van der Waals surface area (Å²) >= 11 is 0. The molecule has 0 saturated carbocycles. The summed E-state index contributed by atoms with van der Waals surface area (Å²) in [6, 6.07) is 0.502. The monoisotopic (exact) mass is 335 g/mol. The predicted octanol–water partition coefficient (Wildman–Crippen LogP) is 5.70. The smallest absolute Gasteiger partial charge is 0.188 e. The van der Waals surface area contributed by atoms with Crippen molar-refractivity contribution in [2.24, 2.45) is 10.7 Å². The van der Waals surface area contributed by atoms with Crippen LogP contribution in [0.3, 0.4) is 0 Å². The molecule has 3 nitrogen and oxygen atoms in total. The van der Waals surface area contributed by atoms with E-state index in [1.165, 1.54) is 96.3 Å². The predicted molar refractivity (Wildman–Crippen MR) is 107 cm³/mol. The lowest BCUT2D eigenvalue weighted by Gasteiger charge is -2.09. The molecule has 0 fully saturated rings. The summed E-state index contributed by atoms with van der Waals surface area (Å²) < 4.78 is 0. The van der Waals surface area contributed by atoms with Crippen molar-refractivity contribution in [3.63, 3.8) is 0 Å². The Labute approximate surface area is 150 Å². The van der Waals surface area contributed by atoms with Crippen LogP contribution < -0.4 is 11.1 Å². The zero-order valence-corrected chi connectivity index (χ0v) is 16.1. The molecule has 0 amide bonds. The molecule has 1 aliphatic heterocycles. The second kappa shape index (κ2) is 15.5. The lowest BCUT2D eigenvalue weighted by atomic mass is 10.0. The summed E-state index contributed by atoms with van der Waals surface area (Å²) in [5.74, 6) is 0.629. The van der Waals surface area contributed by atoms with Crippen LogP contribution in [0.2, 0.25) is 0 Å². The maximum Gasteiger partial charge on any atom is 0.188 e. The first-order valence-electron chi connectivity index (χ1n) is 10.5. The van der Waals surface area contributed by atoms with Crippen molar-refractivity contribution >= 4 is 5.96 Å². The normalized spacial score (nSPS) is 17.4. The van der Waals surface area contributed by atoms with Crippen molar-refractivity contribution in [2.45, 2.75) is 109 Å². The molecule has 1 rings (SSSR count). The van der Waals surface area contributed by atoms with Gasteiger partial charge in [-0.1, -0.05) is 83.3 Å². The van der Waals surface area contributed by atoms with Gasteiger partial charge in [-0.2, -0.15) is 0 Å². The standard InChI is InChI=1S/C21H41N3/c1-2-3-4-5-6-7-8-9-10-11-12-13-14-15-16-17-18-20-19-23-21(22)24-20/h9-10,20H,2-8,11-19H2,1H3,(H3,22,23,24). The molecule has 0 aromatic heterocycles. The number of nitrogens with one attached hydrogen (secondary N) is 1. The molecule has 24 heavy (non-hydrogen) atoms. The third kappa shape index (κ3) is 12.4. The van der Waals surface area contributed by atoms with Crippen LogP contribution >= 0.6 is 0 Å². The fourth-order valence-corrected chi connectivity index (χ4v) is 3.31. The third-order valence-electron chi connectivity index (χ3n) is 4.90. The molecule has 0 saturated heterocycles. The van der Waals surface area contributed by atoms with Crippen molar-refractivity contribution in [3.05, 3.63) is 12.2 Å². The minimum absolute atomic E-state index is 0.502. The minimum atomic E-state index is 0.502. The molecule has 1 atom stereocenters. The van der Waals surface area contributed by atoms with E-state index in [4.69, 9.17) is 5.73 Å². The molecule has 3 heteroatoms. The molecule has 140 valence electrons. The Bertz CT molecular complexity index is 336. The Morgan fingerprint density at radius 2 is 1.42 bits per heavy atom. The fraction of sp³-hybridized carbons (Fsp3) is 0.857. The molecule has 0 aromatic rings. The van der Waals surface area contributed by atoms with Crippen LogP contribution in [0.25, 0.3) is 0 Å². The molecule has 0 aliphatic carbocycles. The van der Waals surface area contributed by atoms with Gasteiger partial charge in [0.2, 0.25) is 0 Å². The SMILES string of the molecule is CCCCCCCCC=CCCCCCCCCC1CN=C(N)N1. The summed E-state index contributed by atoms with van der Waals surface area (Å²) in [4.78, 5) is 4.19. The number of hydrogen-bond donors (Lipinski definition) is 2. The van der Waals surface area contributed by atoms with Gasteiger partial charge < -0.3 is 11.1 Å². The number of unbranched alkanes of at least 4 members (excludes halogenated alkanes) is 12. The van der Waals surface area contributed by atoms with Crippen molar-refractivity contribution in [1.29, 1.82) is 0 Å². The van der Waals surface area contributed by atoms with Gasteiger partial charge in [-0.3, -0.25) is 4.99 Å². The van der Waals surface area contributed by atoms with E-state index in [0.29, 0.717) is 12.0 Å². The Morgan fingerprint density at radius 1 is 0.875 bits per heavy atom. The van der Waals surface area contributed by atoms with Crippen LogP contribution in [0.15, 0.2) is 17.1 Å². The van der Waals surface area contributed by atoms with E-state index in [9.17, 15) is 0 Å². The minimum Gasteiger partial charge on any atom is -0.370 e. The Balaban J connectivity index is 1.72. The lowest BCUT2D eigenvalue weighted by molar-refractivity contribution is 0.525. The number of aliphatic imine (C=N–C) groups is 1. The quantitative estimate of drug-likeness (QED) is 0.281. The topological polar surface area (TPSA) is 50.4 Å². The molecule has 1 heterocycles. The van der Waals surface area contributed by atoms with Gasteiger partial charge in [0.1, 0.15) is 0 Å². The van der Waals surface area contributed by atoms with Gasteiger partial charge >= 0.3 is 0 Å². The maximum atomic E-state index is 5.62.